The molecular weight excluding hydrogens is 256 g/mol. The molecule has 5 heteroatoms. The van der Waals surface area contributed by atoms with Crippen molar-refractivity contribution in [3.8, 4) is 5.75 Å². The van der Waals surface area contributed by atoms with Gasteiger partial charge >= 0.3 is 0 Å². The number of ether oxygens (including phenoxy) is 3. The van der Waals surface area contributed by atoms with Crippen LogP contribution < -0.4 is 4.74 Å². The van der Waals surface area contributed by atoms with Gasteiger partial charge in [-0.25, -0.2) is 0 Å². The molecule has 0 saturated carbocycles. The second-order valence-corrected chi connectivity index (χ2v) is 4.73. The van der Waals surface area contributed by atoms with E-state index in [0.29, 0.717) is 17.2 Å². The van der Waals surface area contributed by atoms with E-state index in [9.17, 15) is 5.11 Å². The Bertz CT molecular complexity index is 389. The number of methoxy groups -OCH3 is 3. The maximum absolute atomic E-state index is 10.4. The molecule has 1 aromatic rings. The van der Waals surface area contributed by atoms with Gasteiger partial charge in [0.25, 0.3) is 0 Å². The third-order valence-corrected chi connectivity index (χ3v) is 2.96. The van der Waals surface area contributed by atoms with Crippen molar-refractivity contribution in [2.24, 2.45) is 0 Å². The summed E-state index contributed by atoms with van der Waals surface area (Å²) in [5, 5.41) is 11.0. The Hall–Kier alpha value is -0.810. The molecule has 0 bridgehead atoms. The summed E-state index contributed by atoms with van der Waals surface area (Å²) >= 11 is 5.95. The molecule has 1 unspecified atom stereocenters. The maximum Gasteiger partial charge on any atom is 0.185 e. The molecule has 1 N–H and O–H groups in total. The predicted molar refractivity (Wildman–Crippen MR) is 70.1 cm³/mol. The Labute approximate surface area is 112 Å². The Balaban J connectivity index is 2.98. The Morgan fingerprint density at radius 2 is 1.89 bits per heavy atom. The molecule has 0 aromatic heterocycles. The van der Waals surface area contributed by atoms with Crippen LogP contribution in [-0.4, -0.2) is 38.3 Å². The smallest absolute Gasteiger partial charge is 0.185 e. The van der Waals surface area contributed by atoms with Crippen molar-refractivity contribution < 1.29 is 19.3 Å². The summed E-state index contributed by atoms with van der Waals surface area (Å²) in [7, 11) is 4.54. The zero-order valence-corrected chi connectivity index (χ0v) is 11.8. The second kappa shape index (κ2) is 6.38. The highest BCUT2D eigenvalue weighted by Gasteiger charge is 2.33. The van der Waals surface area contributed by atoms with E-state index in [1.165, 1.54) is 14.2 Å². The minimum Gasteiger partial charge on any atom is -0.496 e. The van der Waals surface area contributed by atoms with Crippen molar-refractivity contribution in [1.82, 2.24) is 0 Å². The highest BCUT2D eigenvalue weighted by Crippen LogP contribution is 2.28. The summed E-state index contributed by atoms with van der Waals surface area (Å²) in [6.07, 6.45) is -0.413. The maximum atomic E-state index is 10.4. The van der Waals surface area contributed by atoms with Crippen LogP contribution in [0.5, 0.6) is 5.75 Å². The predicted octanol–water partition coefficient (Wildman–Crippen LogP) is 2.26. The molecule has 1 aromatic carbocycles. The summed E-state index contributed by atoms with van der Waals surface area (Å²) in [5.41, 5.74) is -0.379. The van der Waals surface area contributed by atoms with Crippen LogP contribution >= 0.6 is 11.6 Å². The Kier molecular flexibility index (Phi) is 5.41. The summed E-state index contributed by atoms with van der Waals surface area (Å²) in [5.74, 6) is 0.672. The quantitative estimate of drug-likeness (QED) is 0.809. The van der Waals surface area contributed by atoms with Crippen LogP contribution in [0.25, 0.3) is 0 Å². The fourth-order valence-electron chi connectivity index (χ4n) is 1.96. The van der Waals surface area contributed by atoms with Crippen LogP contribution in [0, 0.1) is 0 Å². The van der Waals surface area contributed by atoms with Crippen molar-refractivity contribution >= 4 is 11.6 Å². The van der Waals surface area contributed by atoms with Crippen LogP contribution in [0.3, 0.4) is 0 Å². The van der Waals surface area contributed by atoms with Crippen LogP contribution in [0.4, 0.5) is 0 Å². The minimum absolute atomic E-state index is 0.309. The SMILES string of the molecule is COc1ccc(Cl)cc1CC(C)(O)C(OC)OC. The van der Waals surface area contributed by atoms with E-state index in [2.05, 4.69) is 0 Å². The van der Waals surface area contributed by atoms with Gasteiger partial charge in [0.2, 0.25) is 0 Å². The number of benzene rings is 1. The molecule has 0 radical (unpaired) electrons. The molecule has 0 saturated heterocycles. The van der Waals surface area contributed by atoms with Gasteiger partial charge in [0.15, 0.2) is 6.29 Å². The van der Waals surface area contributed by atoms with Crippen molar-refractivity contribution in [3.05, 3.63) is 28.8 Å². The lowest BCUT2D eigenvalue weighted by Crippen LogP contribution is -2.43. The van der Waals surface area contributed by atoms with Gasteiger partial charge in [0.1, 0.15) is 11.4 Å². The lowest BCUT2D eigenvalue weighted by Gasteiger charge is -2.31. The Morgan fingerprint density at radius 1 is 1.28 bits per heavy atom. The highest BCUT2D eigenvalue weighted by molar-refractivity contribution is 6.30. The van der Waals surface area contributed by atoms with E-state index in [-0.39, 0.29) is 0 Å². The molecule has 0 heterocycles. The second-order valence-electron chi connectivity index (χ2n) is 4.29. The number of rotatable bonds is 6. The first-order valence-electron chi connectivity index (χ1n) is 5.55. The number of hydrogen-bond donors (Lipinski definition) is 1. The first-order chi connectivity index (χ1) is 8.44. The first kappa shape index (κ1) is 15.2. The molecule has 0 fully saturated rings. The first-order valence-corrected chi connectivity index (χ1v) is 5.92. The largest absolute Gasteiger partial charge is 0.496 e. The van der Waals surface area contributed by atoms with Crippen LogP contribution in [0.15, 0.2) is 18.2 Å². The average molecular weight is 275 g/mol. The van der Waals surface area contributed by atoms with E-state index in [1.807, 2.05) is 0 Å². The standard InChI is InChI=1S/C13H19ClO4/c1-13(15,12(17-3)18-4)8-9-7-10(14)5-6-11(9)16-2/h5-7,12,15H,8H2,1-4H3. The van der Waals surface area contributed by atoms with Gasteiger partial charge in [0.05, 0.1) is 7.11 Å². The van der Waals surface area contributed by atoms with Crippen molar-refractivity contribution in [2.75, 3.05) is 21.3 Å². The minimum atomic E-state index is -1.18. The number of halogens is 1. The zero-order valence-electron chi connectivity index (χ0n) is 11.1. The molecule has 4 nitrogen and oxygen atoms in total. The summed E-state index contributed by atoms with van der Waals surface area (Å²) < 4.78 is 15.4. The lowest BCUT2D eigenvalue weighted by molar-refractivity contribution is -0.207. The molecule has 0 aliphatic carbocycles. The molecule has 0 aliphatic rings. The highest BCUT2D eigenvalue weighted by atomic mass is 35.5. The summed E-state index contributed by atoms with van der Waals surface area (Å²) in [6.45, 7) is 1.64. The van der Waals surface area contributed by atoms with E-state index >= 15 is 0 Å². The summed E-state index contributed by atoms with van der Waals surface area (Å²) in [4.78, 5) is 0. The molecular formula is C13H19ClO4. The van der Waals surface area contributed by atoms with E-state index < -0.39 is 11.9 Å². The molecule has 1 rings (SSSR count). The van der Waals surface area contributed by atoms with Crippen LogP contribution in [-0.2, 0) is 15.9 Å². The number of hydrogen-bond acceptors (Lipinski definition) is 4. The fourth-order valence-corrected chi connectivity index (χ4v) is 2.15. The van der Waals surface area contributed by atoms with Crippen molar-refractivity contribution in [1.29, 1.82) is 0 Å². The third kappa shape index (κ3) is 3.59. The van der Waals surface area contributed by atoms with Gasteiger partial charge in [-0.15, -0.1) is 0 Å². The molecule has 1 atom stereocenters. The van der Waals surface area contributed by atoms with Gasteiger partial charge in [-0.05, 0) is 30.7 Å². The number of aliphatic hydroxyl groups is 1. The average Bonchev–Trinajstić information content (AvgIpc) is 2.29. The molecule has 102 valence electrons. The third-order valence-electron chi connectivity index (χ3n) is 2.73. The van der Waals surface area contributed by atoms with E-state index in [1.54, 1.807) is 32.2 Å². The van der Waals surface area contributed by atoms with E-state index in [4.69, 9.17) is 25.8 Å². The topological polar surface area (TPSA) is 47.9 Å². The van der Waals surface area contributed by atoms with Gasteiger partial charge < -0.3 is 19.3 Å². The van der Waals surface area contributed by atoms with Crippen molar-refractivity contribution in [3.63, 3.8) is 0 Å². The van der Waals surface area contributed by atoms with Crippen LogP contribution in [0.2, 0.25) is 5.02 Å². The lowest BCUT2D eigenvalue weighted by atomic mass is 9.95. The van der Waals surface area contributed by atoms with Gasteiger partial charge in [-0.1, -0.05) is 11.6 Å². The Morgan fingerprint density at radius 3 is 2.39 bits per heavy atom. The van der Waals surface area contributed by atoms with Crippen molar-refractivity contribution in [2.45, 2.75) is 25.2 Å². The van der Waals surface area contributed by atoms with Gasteiger partial charge in [-0.3, -0.25) is 0 Å². The van der Waals surface area contributed by atoms with Gasteiger partial charge in [-0.2, -0.15) is 0 Å². The normalized spacial score (nSPS) is 14.6. The summed E-state index contributed by atoms with van der Waals surface area (Å²) in [6, 6.07) is 5.27. The van der Waals surface area contributed by atoms with Crippen LogP contribution in [0.1, 0.15) is 12.5 Å². The molecule has 0 spiro atoms. The van der Waals surface area contributed by atoms with Gasteiger partial charge in [0, 0.05) is 25.7 Å². The van der Waals surface area contributed by atoms with E-state index in [0.717, 1.165) is 5.56 Å². The molecule has 0 aliphatic heterocycles. The zero-order chi connectivity index (χ0) is 13.8. The molecule has 18 heavy (non-hydrogen) atoms. The molecule has 0 amide bonds. The monoisotopic (exact) mass is 274 g/mol. The fraction of sp³-hybridized carbons (Fsp3) is 0.538.